The van der Waals surface area contributed by atoms with E-state index in [4.69, 9.17) is 0 Å². The Bertz CT molecular complexity index is 1020. The van der Waals surface area contributed by atoms with Gasteiger partial charge in [0.2, 0.25) is 5.91 Å². The summed E-state index contributed by atoms with van der Waals surface area (Å²) in [7, 11) is 0. The molecule has 1 amide bonds. The molecule has 32 heavy (non-hydrogen) atoms. The molecule has 0 saturated carbocycles. The van der Waals surface area contributed by atoms with Gasteiger partial charge in [-0.2, -0.15) is 5.10 Å². The molecule has 2 aliphatic heterocycles. The molecule has 5 rings (SSSR count). The molecule has 5 heterocycles. The minimum absolute atomic E-state index is 0.0144. The van der Waals surface area contributed by atoms with E-state index in [2.05, 4.69) is 46.4 Å². The minimum Gasteiger partial charge on any atom is -0.356 e. The van der Waals surface area contributed by atoms with Crippen LogP contribution in [0.3, 0.4) is 0 Å². The van der Waals surface area contributed by atoms with Crippen molar-refractivity contribution in [2.75, 3.05) is 36.0 Å². The largest absolute Gasteiger partial charge is 0.356 e. The highest BCUT2D eigenvalue weighted by atomic mass is 16.1. The summed E-state index contributed by atoms with van der Waals surface area (Å²) in [5.74, 6) is 2.59. The van der Waals surface area contributed by atoms with Gasteiger partial charge in [-0.1, -0.05) is 6.07 Å². The second-order valence-electron chi connectivity index (χ2n) is 8.25. The van der Waals surface area contributed by atoms with Crippen LogP contribution in [0, 0.1) is 5.92 Å². The van der Waals surface area contributed by atoms with E-state index in [-0.39, 0.29) is 11.8 Å². The van der Waals surface area contributed by atoms with Crippen LogP contribution in [-0.4, -0.2) is 62.0 Å². The van der Waals surface area contributed by atoms with Gasteiger partial charge in [-0.05, 0) is 43.9 Å². The Morgan fingerprint density at radius 2 is 1.78 bits per heavy atom. The van der Waals surface area contributed by atoms with Crippen LogP contribution >= 0.6 is 0 Å². The fraction of sp³-hybridized carbons (Fsp3) is 0.455. The maximum absolute atomic E-state index is 12.8. The van der Waals surface area contributed by atoms with Crippen LogP contribution in [0.25, 0.3) is 5.82 Å². The van der Waals surface area contributed by atoms with E-state index in [1.165, 1.54) is 19.2 Å². The number of carbonyl (C=O) groups is 1. The summed E-state index contributed by atoms with van der Waals surface area (Å²) in [6.07, 6.45) is 8.88. The molecule has 0 aliphatic carbocycles. The Hall–Kier alpha value is -3.56. The van der Waals surface area contributed by atoms with Crippen molar-refractivity contribution < 1.29 is 4.79 Å². The van der Waals surface area contributed by atoms with Gasteiger partial charge in [0.25, 0.3) is 0 Å². The van der Waals surface area contributed by atoms with Gasteiger partial charge in [0.15, 0.2) is 11.6 Å². The fourth-order valence-corrected chi connectivity index (χ4v) is 4.41. The van der Waals surface area contributed by atoms with Crippen molar-refractivity contribution in [2.45, 2.75) is 32.2 Å². The number of aromatic nitrogens is 6. The number of piperidine rings is 1. The van der Waals surface area contributed by atoms with Crippen LogP contribution in [0.5, 0.6) is 0 Å². The smallest absolute Gasteiger partial charge is 0.223 e. The lowest BCUT2D eigenvalue weighted by Crippen LogP contribution is -2.41. The molecular weight excluding hydrogens is 406 g/mol. The molecule has 166 valence electrons. The minimum atomic E-state index is 0.0144. The van der Waals surface area contributed by atoms with E-state index < -0.39 is 0 Å². The first kappa shape index (κ1) is 20.3. The van der Waals surface area contributed by atoms with Crippen molar-refractivity contribution in [2.24, 2.45) is 5.92 Å². The molecule has 1 N–H and O–H groups in total. The molecule has 0 unspecified atom stereocenters. The highest BCUT2D eigenvalue weighted by Gasteiger charge is 2.26. The first-order chi connectivity index (χ1) is 15.8. The number of hydrogen-bond acceptors (Lipinski definition) is 8. The van der Waals surface area contributed by atoms with Crippen LogP contribution in [0.2, 0.25) is 0 Å². The summed E-state index contributed by atoms with van der Waals surface area (Å²) < 4.78 is 1.57. The number of hydrogen-bond donors (Lipinski definition) is 1. The van der Waals surface area contributed by atoms with Gasteiger partial charge >= 0.3 is 0 Å². The summed E-state index contributed by atoms with van der Waals surface area (Å²) in [5, 5.41) is 15.8. The van der Waals surface area contributed by atoms with Crippen molar-refractivity contribution in [1.82, 2.24) is 35.3 Å². The lowest BCUT2D eigenvalue weighted by atomic mass is 9.96. The van der Waals surface area contributed by atoms with Gasteiger partial charge in [0, 0.05) is 50.4 Å². The van der Waals surface area contributed by atoms with Crippen molar-refractivity contribution in [1.29, 1.82) is 0 Å². The van der Waals surface area contributed by atoms with E-state index in [1.807, 2.05) is 24.4 Å². The van der Waals surface area contributed by atoms with Crippen LogP contribution in [0.4, 0.5) is 11.6 Å². The van der Waals surface area contributed by atoms with Crippen LogP contribution in [0.15, 0.2) is 43.1 Å². The van der Waals surface area contributed by atoms with Crippen LogP contribution < -0.4 is 15.1 Å². The highest BCUT2D eigenvalue weighted by molar-refractivity contribution is 5.79. The number of pyridine rings is 1. The molecule has 0 spiro atoms. The number of anilines is 2. The van der Waals surface area contributed by atoms with Gasteiger partial charge in [0.05, 0.1) is 0 Å². The molecule has 0 aromatic carbocycles. The number of rotatable bonds is 6. The van der Waals surface area contributed by atoms with E-state index in [0.717, 1.165) is 56.2 Å². The average molecular weight is 434 g/mol. The van der Waals surface area contributed by atoms with Gasteiger partial charge in [-0.15, -0.1) is 10.2 Å². The van der Waals surface area contributed by atoms with Crippen molar-refractivity contribution in [3.05, 3.63) is 48.7 Å². The third-order valence-corrected chi connectivity index (χ3v) is 6.21. The molecule has 2 fully saturated rings. The van der Waals surface area contributed by atoms with Gasteiger partial charge in [0.1, 0.15) is 18.5 Å². The maximum Gasteiger partial charge on any atom is 0.223 e. The SMILES string of the molecule is O=C(NCc1cccnc1N1CCCC1)C1CCN(c2ccc(-n3cncn3)nn2)CC1. The quantitative estimate of drug-likeness (QED) is 0.625. The predicted octanol–water partition coefficient (Wildman–Crippen LogP) is 1.59. The maximum atomic E-state index is 12.8. The first-order valence-corrected chi connectivity index (χ1v) is 11.2. The Morgan fingerprint density at radius 3 is 2.50 bits per heavy atom. The molecule has 0 bridgehead atoms. The fourth-order valence-electron chi connectivity index (χ4n) is 4.41. The second-order valence-corrected chi connectivity index (χ2v) is 8.25. The Labute approximate surface area is 186 Å². The van der Waals surface area contributed by atoms with Gasteiger partial charge in [-0.25, -0.2) is 14.6 Å². The first-order valence-electron chi connectivity index (χ1n) is 11.2. The molecule has 3 aromatic rings. The summed E-state index contributed by atoms with van der Waals surface area (Å²) in [6, 6.07) is 7.81. The summed E-state index contributed by atoms with van der Waals surface area (Å²) in [4.78, 5) is 25.8. The molecule has 10 nitrogen and oxygen atoms in total. The topological polar surface area (TPSA) is 105 Å². The summed E-state index contributed by atoms with van der Waals surface area (Å²) in [5.41, 5.74) is 1.09. The monoisotopic (exact) mass is 433 g/mol. The lowest BCUT2D eigenvalue weighted by Gasteiger charge is -2.32. The zero-order valence-corrected chi connectivity index (χ0v) is 18.0. The van der Waals surface area contributed by atoms with Crippen molar-refractivity contribution >= 4 is 17.5 Å². The van der Waals surface area contributed by atoms with Crippen molar-refractivity contribution in [3.63, 3.8) is 0 Å². The number of amides is 1. The van der Waals surface area contributed by atoms with Crippen molar-refractivity contribution in [3.8, 4) is 5.82 Å². The normalized spacial score (nSPS) is 17.0. The highest BCUT2D eigenvalue weighted by Crippen LogP contribution is 2.24. The van der Waals surface area contributed by atoms with Crippen LogP contribution in [-0.2, 0) is 11.3 Å². The standard InChI is InChI=1S/C22H27N9O/c32-22(25-14-18-4-3-9-24-21(18)30-10-1-2-11-30)17-7-12-29(13-8-17)19-5-6-20(28-27-19)31-16-23-15-26-31/h3-6,9,15-17H,1-2,7-8,10-14H2,(H,25,32). The Balaban J connectivity index is 1.14. The predicted molar refractivity (Wildman–Crippen MR) is 119 cm³/mol. The summed E-state index contributed by atoms with van der Waals surface area (Å²) in [6.45, 7) is 4.16. The van der Waals surface area contributed by atoms with E-state index >= 15 is 0 Å². The third-order valence-electron chi connectivity index (χ3n) is 6.21. The molecule has 0 atom stereocenters. The molecule has 10 heteroatoms. The Kier molecular flexibility index (Phi) is 5.91. The summed E-state index contributed by atoms with van der Waals surface area (Å²) >= 11 is 0. The molecule has 3 aromatic heterocycles. The number of nitrogens with zero attached hydrogens (tertiary/aromatic N) is 8. The van der Waals surface area contributed by atoms with Gasteiger partial charge in [-0.3, -0.25) is 4.79 Å². The zero-order valence-electron chi connectivity index (χ0n) is 18.0. The van der Waals surface area contributed by atoms with Crippen LogP contribution in [0.1, 0.15) is 31.2 Å². The third kappa shape index (κ3) is 4.39. The molecule has 0 radical (unpaired) electrons. The van der Waals surface area contributed by atoms with E-state index in [0.29, 0.717) is 12.4 Å². The molecular formula is C22H27N9O. The Morgan fingerprint density at radius 1 is 1.00 bits per heavy atom. The van der Waals surface area contributed by atoms with E-state index in [1.54, 1.807) is 11.0 Å². The molecule has 2 aliphatic rings. The van der Waals surface area contributed by atoms with Gasteiger partial charge < -0.3 is 15.1 Å². The number of nitrogens with one attached hydrogen (secondary N) is 1. The molecule has 2 saturated heterocycles. The average Bonchev–Trinajstić information content (AvgIpc) is 3.58. The zero-order chi connectivity index (χ0) is 21.8. The number of carbonyl (C=O) groups excluding carboxylic acids is 1. The second kappa shape index (κ2) is 9.29. The lowest BCUT2D eigenvalue weighted by molar-refractivity contribution is -0.125. The van der Waals surface area contributed by atoms with E-state index in [9.17, 15) is 4.79 Å².